The van der Waals surface area contributed by atoms with Crippen LogP contribution in [0.15, 0.2) is 18.2 Å². The second-order valence-electron chi connectivity index (χ2n) is 4.90. The summed E-state index contributed by atoms with van der Waals surface area (Å²) < 4.78 is 5.64. The van der Waals surface area contributed by atoms with E-state index in [9.17, 15) is 4.79 Å². The van der Waals surface area contributed by atoms with E-state index in [4.69, 9.17) is 16.2 Å². The highest BCUT2D eigenvalue weighted by Gasteiger charge is 2.34. The summed E-state index contributed by atoms with van der Waals surface area (Å²) in [6.45, 7) is 4.76. The number of carbonyl (C=O) groups is 1. The van der Waals surface area contributed by atoms with Crippen molar-refractivity contribution in [3.63, 3.8) is 0 Å². The first-order valence-electron chi connectivity index (χ1n) is 6.61. The van der Waals surface area contributed by atoms with Crippen molar-refractivity contribution in [2.45, 2.75) is 39.0 Å². The molecule has 2 unspecified atom stereocenters. The molecule has 1 amide bonds. The average Bonchev–Trinajstić information content (AvgIpc) is 2.40. The molecule has 1 aliphatic heterocycles. The summed E-state index contributed by atoms with van der Waals surface area (Å²) in [5.41, 5.74) is 13.0. The minimum Gasteiger partial charge on any atom is -0.479 e. The number of ether oxygens (including phenoxy) is 1. The number of anilines is 1. The molecule has 4 N–H and O–H groups in total. The van der Waals surface area contributed by atoms with Gasteiger partial charge in [0.05, 0.1) is 5.69 Å². The zero-order chi connectivity index (χ0) is 14.0. The molecular formula is C14H21N3O2. The Morgan fingerprint density at radius 1 is 1.42 bits per heavy atom. The minimum atomic E-state index is -0.462. The third-order valence-corrected chi connectivity index (χ3v) is 3.43. The largest absolute Gasteiger partial charge is 0.479 e. The van der Waals surface area contributed by atoms with Crippen LogP contribution in [0.3, 0.4) is 0 Å². The fraction of sp³-hybridized carbons (Fsp3) is 0.500. The Hall–Kier alpha value is -1.59. The van der Waals surface area contributed by atoms with Crippen LogP contribution in [0.5, 0.6) is 5.75 Å². The van der Waals surface area contributed by atoms with Crippen molar-refractivity contribution in [2.24, 2.45) is 11.5 Å². The first-order valence-corrected chi connectivity index (χ1v) is 6.61. The summed E-state index contributed by atoms with van der Waals surface area (Å²) in [7, 11) is 0. The molecule has 0 saturated heterocycles. The molecule has 1 aliphatic rings. The molecule has 0 fully saturated rings. The van der Waals surface area contributed by atoms with Gasteiger partial charge in [0.25, 0.3) is 5.91 Å². The van der Waals surface area contributed by atoms with Gasteiger partial charge in [-0.3, -0.25) is 4.79 Å². The molecule has 5 heteroatoms. The molecule has 0 bridgehead atoms. The van der Waals surface area contributed by atoms with Gasteiger partial charge in [0.15, 0.2) is 6.10 Å². The molecule has 1 aromatic carbocycles. The number of hydrogen-bond acceptors (Lipinski definition) is 4. The Morgan fingerprint density at radius 3 is 2.79 bits per heavy atom. The Bertz CT molecular complexity index is 476. The Labute approximate surface area is 113 Å². The highest BCUT2D eigenvalue weighted by molar-refractivity contribution is 6.00. The van der Waals surface area contributed by atoms with Crippen LogP contribution in [0, 0.1) is 0 Å². The molecule has 0 radical (unpaired) electrons. The second-order valence-corrected chi connectivity index (χ2v) is 4.90. The molecule has 1 heterocycles. The molecule has 0 spiro atoms. The van der Waals surface area contributed by atoms with Crippen LogP contribution >= 0.6 is 0 Å². The summed E-state index contributed by atoms with van der Waals surface area (Å²) in [5.74, 6) is 0.704. The van der Waals surface area contributed by atoms with Crippen LogP contribution in [0.4, 0.5) is 5.69 Å². The molecule has 2 atom stereocenters. The number of carbonyl (C=O) groups excluding carboxylic acids is 1. The van der Waals surface area contributed by atoms with Crippen molar-refractivity contribution in [3.8, 4) is 5.75 Å². The smallest absolute Gasteiger partial charge is 0.268 e. The van der Waals surface area contributed by atoms with Gasteiger partial charge in [0.2, 0.25) is 0 Å². The van der Waals surface area contributed by atoms with E-state index in [1.54, 1.807) is 11.8 Å². The Kier molecular flexibility index (Phi) is 4.07. The summed E-state index contributed by atoms with van der Waals surface area (Å²) in [4.78, 5) is 14.1. The summed E-state index contributed by atoms with van der Waals surface area (Å²) in [5, 5.41) is 0. The number of nitrogens with zero attached hydrogens (tertiary/aromatic N) is 1. The van der Waals surface area contributed by atoms with Gasteiger partial charge >= 0.3 is 0 Å². The quantitative estimate of drug-likeness (QED) is 0.849. The molecule has 1 aromatic rings. The van der Waals surface area contributed by atoms with Crippen LogP contribution in [0.25, 0.3) is 0 Å². The van der Waals surface area contributed by atoms with Gasteiger partial charge < -0.3 is 21.1 Å². The van der Waals surface area contributed by atoms with Crippen LogP contribution < -0.4 is 21.1 Å². The maximum absolute atomic E-state index is 12.3. The molecule has 19 heavy (non-hydrogen) atoms. The molecule has 2 rings (SSSR count). The third-order valence-electron chi connectivity index (χ3n) is 3.43. The maximum Gasteiger partial charge on any atom is 0.268 e. The van der Waals surface area contributed by atoms with E-state index in [1.807, 2.05) is 25.1 Å². The number of fused-ring (bicyclic) bond motifs is 1. The van der Waals surface area contributed by atoms with Crippen LogP contribution in [-0.4, -0.2) is 24.6 Å². The lowest BCUT2D eigenvalue weighted by Gasteiger charge is -2.37. The van der Waals surface area contributed by atoms with Crippen molar-refractivity contribution < 1.29 is 9.53 Å². The monoisotopic (exact) mass is 263 g/mol. The number of rotatable bonds is 4. The van der Waals surface area contributed by atoms with Crippen LogP contribution in [0.1, 0.15) is 25.8 Å². The first kappa shape index (κ1) is 13.8. The molecule has 0 aliphatic carbocycles. The van der Waals surface area contributed by atoms with Gasteiger partial charge in [-0.15, -0.1) is 0 Å². The van der Waals surface area contributed by atoms with Gasteiger partial charge in [0.1, 0.15) is 5.75 Å². The van der Waals surface area contributed by atoms with E-state index in [0.717, 1.165) is 23.4 Å². The van der Waals surface area contributed by atoms with Crippen molar-refractivity contribution in [2.75, 3.05) is 11.4 Å². The number of nitrogens with two attached hydrogens (primary N) is 2. The van der Waals surface area contributed by atoms with Gasteiger partial charge in [-0.05, 0) is 44.5 Å². The second kappa shape index (κ2) is 5.59. The van der Waals surface area contributed by atoms with Gasteiger partial charge in [0, 0.05) is 12.6 Å². The normalized spacial score (nSPS) is 19.9. The van der Waals surface area contributed by atoms with E-state index in [0.29, 0.717) is 13.1 Å². The van der Waals surface area contributed by atoms with E-state index >= 15 is 0 Å². The highest BCUT2D eigenvalue weighted by Crippen LogP contribution is 2.36. The third kappa shape index (κ3) is 2.57. The minimum absolute atomic E-state index is 0.0254. The average molecular weight is 263 g/mol. The lowest BCUT2D eigenvalue weighted by atomic mass is 10.1. The molecule has 5 nitrogen and oxygen atoms in total. The number of benzene rings is 1. The van der Waals surface area contributed by atoms with Crippen LogP contribution in [0.2, 0.25) is 0 Å². The van der Waals surface area contributed by atoms with E-state index in [2.05, 4.69) is 0 Å². The standard InChI is InChI=1S/C14H21N3O2/c1-9(5-6-15)17-12-7-11(8-16)3-4-13(12)19-10(2)14(17)18/h3-4,7,9-10H,5-6,8,15-16H2,1-2H3. The first-order chi connectivity index (χ1) is 9.08. The lowest BCUT2D eigenvalue weighted by Crippen LogP contribution is -2.49. The fourth-order valence-electron chi connectivity index (χ4n) is 2.36. The van der Waals surface area contributed by atoms with Crippen molar-refractivity contribution in [1.82, 2.24) is 0 Å². The summed E-state index contributed by atoms with van der Waals surface area (Å²) >= 11 is 0. The van der Waals surface area contributed by atoms with Crippen LogP contribution in [-0.2, 0) is 11.3 Å². The number of hydrogen-bond donors (Lipinski definition) is 2. The van der Waals surface area contributed by atoms with Crippen molar-refractivity contribution in [3.05, 3.63) is 23.8 Å². The number of amides is 1. The Balaban J connectivity index is 2.44. The van der Waals surface area contributed by atoms with E-state index < -0.39 is 6.10 Å². The van der Waals surface area contributed by atoms with Gasteiger partial charge in [-0.25, -0.2) is 0 Å². The molecule has 104 valence electrons. The van der Waals surface area contributed by atoms with Crippen molar-refractivity contribution >= 4 is 11.6 Å². The van der Waals surface area contributed by atoms with Crippen molar-refractivity contribution in [1.29, 1.82) is 0 Å². The molecular weight excluding hydrogens is 242 g/mol. The Morgan fingerprint density at radius 2 is 2.16 bits per heavy atom. The zero-order valence-electron chi connectivity index (χ0n) is 11.4. The van der Waals surface area contributed by atoms with Gasteiger partial charge in [-0.1, -0.05) is 6.07 Å². The SMILES string of the molecule is CC1Oc2ccc(CN)cc2N(C(C)CCN)C1=O. The highest BCUT2D eigenvalue weighted by atomic mass is 16.5. The summed E-state index contributed by atoms with van der Waals surface area (Å²) in [6.07, 6.45) is 0.293. The van der Waals surface area contributed by atoms with E-state index in [-0.39, 0.29) is 11.9 Å². The maximum atomic E-state index is 12.3. The topological polar surface area (TPSA) is 81.6 Å². The molecule has 0 saturated carbocycles. The zero-order valence-corrected chi connectivity index (χ0v) is 11.4. The van der Waals surface area contributed by atoms with E-state index in [1.165, 1.54) is 0 Å². The lowest BCUT2D eigenvalue weighted by molar-refractivity contribution is -0.126. The summed E-state index contributed by atoms with van der Waals surface area (Å²) in [6, 6.07) is 5.78. The predicted molar refractivity (Wildman–Crippen MR) is 75.0 cm³/mol. The molecule has 0 aromatic heterocycles. The predicted octanol–water partition coefficient (Wildman–Crippen LogP) is 0.996. The fourth-order valence-corrected chi connectivity index (χ4v) is 2.36. The van der Waals surface area contributed by atoms with Gasteiger partial charge in [-0.2, -0.15) is 0 Å².